The van der Waals surface area contributed by atoms with Gasteiger partial charge in [-0.3, -0.25) is 4.79 Å². The molecule has 1 fully saturated rings. The number of carbonyl (C=O) groups is 1. The Bertz CT molecular complexity index is 845. The molecular formula is C15H12N2O3S. The number of fused-ring (bicyclic) bond motifs is 3. The number of rotatable bonds is 2. The second-order valence-corrected chi connectivity index (χ2v) is 6.24. The number of nitrogens with zero attached hydrogens (tertiary/aromatic N) is 2. The number of para-hydroxylation sites is 1. The van der Waals surface area contributed by atoms with Crippen LogP contribution in [-0.4, -0.2) is 27.3 Å². The van der Waals surface area contributed by atoms with Gasteiger partial charge in [-0.25, -0.2) is 9.97 Å². The summed E-state index contributed by atoms with van der Waals surface area (Å²) in [6, 6.07) is 7.73. The van der Waals surface area contributed by atoms with E-state index in [0.717, 1.165) is 16.5 Å². The minimum Gasteiger partial charge on any atom is -0.462 e. The van der Waals surface area contributed by atoms with Gasteiger partial charge in [0.2, 0.25) is 0 Å². The molecular weight excluding hydrogens is 288 g/mol. The van der Waals surface area contributed by atoms with Crippen molar-refractivity contribution >= 4 is 39.8 Å². The molecule has 1 aromatic carbocycles. The van der Waals surface area contributed by atoms with Crippen LogP contribution in [-0.2, 0) is 9.53 Å². The van der Waals surface area contributed by atoms with Crippen LogP contribution in [0, 0.1) is 0 Å². The number of aromatic nitrogens is 2. The van der Waals surface area contributed by atoms with Crippen molar-refractivity contribution in [1.82, 2.24) is 9.97 Å². The molecule has 5 nitrogen and oxygen atoms in total. The molecule has 2 aromatic heterocycles. The molecule has 1 saturated heterocycles. The van der Waals surface area contributed by atoms with Crippen molar-refractivity contribution in [2.24, 2.45) is 0 Å². The summed E-state index contributed by atoms with van der Waals surface area (Å²) in [6.45, 7) is 1.90. The van der Waals surface area contributed by atoms with Gasteiger partial charge in [0, 0.05) is 11.8 Å². The van der Waals surface area contributed by atoms with Gasteiger partial charge in [0.25, 0.3) is 0 Å². The molecule has 21 heavy (non-hydrogen) atoms. The lowest BCUT2D eigenvalue weighted by Crippen LogP contribution is -2.09. The Labute approximate surface area is 124 Å². The topological polar surface area (TPSA) is 65.2 Å². The average Bonchev–Trinajstić information content (AvgIpc) is 3.00. The van der Waals surface area contributed by atoms with E-state index in [1.165, 1.54) is 18.1 Å². The summed E-state index contributed by atoms with van der Waals surface area (Å²) in [5, 5.41) is 1.41. The van der Waals surface area contributed by atoms with E-state index in [9.17, 15) is 4.79 Å². The first kappa shape index (κ1) is 12.6. The number of furan rings is 1. The Morgan fingerprint density at radius 1 is 1.29 bits per heavy atom. The fraction of sp³-hybridized carbons (Fsp3) is 0.267. The highest BCUT2D eigenvalue weighted by Gasteiger charge is 2.33. The van der Waals surface area contributed by atoms with Gasteiger partial charge in [0.05, 0.1) is 0 Å². The number of cyclic esters (lactones) is 1. The average molecular weight is 300 g/mol. The molecule has 0 amide bonds. The predicted molar refractivity (Wildman–Crippen MR) is 79.1 cm³/mol. The number of esters is 1. The van der Waals surface area contributed by atoms with Crippen molar-refractivity contribution in [1.29, 1.82) is 0 Å². The fourth-order valence-corrected chi connectivity index (χ4v) is 3.68. The molecule has 2 atom stereocenters. The first-order chi connectivity index (χ1) is 10.2. The predicted octanol–water partition coefficient (Wildman–Crippen LogP) is 3.17. The van der Waals surface area contributed by atoms with Crippen molar-refractivity contribution in [3.63, 3.8) is 0 Å². The van der Waals surface area contributed by atoms with Gasteiger partial charge in [0.15, 0.2) is 5.58 Å². The zero-order valence-electron chi connectivity index (χ0n) is 11.3. The quantitative estimate of drug-likeness (QED) is 0.535. The number of thioether (sulfide) groups is 1. The third-order valence-corrected chi connectivity index (χ3v) is 4.69. The lowest BCUT2D eigenvalue weighted by atomic mass is 10.2. The summed E-state index contributed by atoms with van der Waals surface area (Å²) in [7, 11) is 0. The van der Waals surface area contributed by atoms with E-state index in [0.29, 0.717) is 17.0 Å². The molecule has 0 bridgehead atoms. The van der Waals surface area contributed by atoms with Gasteiger partial charge < -0.3 is 9.15 Å². The first-order valence-electron chi connectivity index (χ1n) is 6.72. The standard InChI is InChI=1S/C15H12N2O3S/c1-8-6-11(15(18)19-8)21-14-13-12(16-7-17-14)9-4-2-3-5-10(9)20-13/h2-5,7-8,11H,6H2,1H3/t8-,11+/m0/s1. The van der Waals surface area contributed by atoms with Crippen molar-refractivity contribution in [2.75, 3.05) is 0 Å². The van der Waals surface area contributed by atoms with Crippen LogP contribution in [0.3, 0.4) is 0 Å². The number of ether oxygens (including phenoxy) is 1. The normalized spacial score (nSPS) is 22.0. The second-order valence-electron chi connectivity index (χ2n) is 5.04. The molecule has 0 radical (unpaired) electrons. The van der Waals surface area contributed by atoms with Crippen LogP contribution in [0.15, 0.2) is 40.0 Å². The smallest absolute Gasteiger partial charge is 0.319 e. The molecule has 106 valence electrons. The van der Waals surface area contributed by atoms with Crippen molar-refractivity contribution in [3.05, 3.63) is 30.6 Å². The molecule has 6 heteroatoms. The van der Waals surface area contributed by atoms with Crippen LogP contribution in [0.1, 0.15) is 13.3 Å². The first-order valence-corrected chi connectivity index (χ1v) is 7.60. The minimum absolute atomic E-state index is 0.0389. The van der Waals surface area contributed by atoms with E-state index in [1.807, 2.05) is 31.2 Å². The maximum atomic E-state index is 11.8. The highest BCUT2D eigenvalue weighted by atomic mass is 32.2. The maximum absolute atomic E-state index is 11.8. The number of hydrogen-bond donors (Lipinski definition) is 0. The summed E-state index contributed by atoms with van der Waals surface area (Å²) in [5.74, 6) is -0.185. The molecule has 3 aromatic rings. The molecule has 0 aliphatic carbocycles. The van der Waals surface area contributed by atoms with E-state index in [2.05, 4.69) is 9.97 Å². The van der Waals surface area contributed by atoms with Crippen LogP contribution in [0.25, 0.3) is 22.1 Å². The Balaban J connectivity index is 1.80. The lowest BCUT2D eigenvalue weighted by molar-refractivity contribution is -0.140. The van der Waals surface area contributed by atoms with E-state index < -0.39 is 0 Å². The van der Waals surface area contributed by atoms with Crippen LogP contribution in [0.4, 0.5) is 0 Å². The molecule has 0 spiro atoms. The van der Waals surface area contributed by atoms with E-state index >= 15 is 0 Å². The summed E-state index contributed by atoms with van der Waals surface area (Å²) in [4.78, 5) is 20.4. The van der Waals surface area contributed by atoms with Gasteiger partial charge in [-0.15, -0.1) is 0 Å². The zero-order valence-corrected chi connectivity index (χ0v) is 12.1. The molecule has 4 rings (SSSR count). The Morgan fingerprint density at radius 2 is 2.14 bits per heavy atom. The Morgan fingerprint density at radius 3 is 2.95 bits per heavy atom. The third-order valence-electron chi connectivity index (χ3n) is 3.51. The van der Waals surface area contributed by atoms with Crippen molar-refractivity contribution in [2.45, 2.75) is 29.7 Å². The van der Waals surface area contributed by atoms with E-state index in [-0.39, 0.29) is 17.3 Å². The van der Waals surface area contributed by atoms with Gasteiger partial charge in [0.1, 0.15) is 33.8 Å². The molecule has 0 unspecified atom stereocenters. The molecule has 0 saturated carbocycles. The van der Waals surface area contributed by atoms with Crippen LogP contribution in [0.2, 0.25) is 0 Å². The van der Waals surface area contributed by atoms with Gasteiger partial charge in [-0.05, 0) is 19.1 Å². The zero-order chi connectivity index (χ0) is 14.4. The van der Waals surface area contributed by atoms with Crippen LogP contribution >= 0.6 is 11.8 Å². The molecule has 3 heterocycles. The summed E-state index contributed by atoms with van der Waals surface area (Å²) >= 11 is 1.39. The van der Waals surface area contributed by atoms with Crippen LogP contribution in [0.5, 0.6) is 0 Å². The Kier molecular flexibility index (Phi) is 2.85. The van der Waals surface area contributed by atoms with Gasteiger partial charge >= 0.3 is 5.97 Å². The molecule has 1 aliphatic heterocycles. The van der Waals surface area contributed by atoms with Crippen molar-refractivity contribution in [3.8, 4) is 0 Å². The largest absolute Gasteiger partial charge is 0.462 e. The van der Waals surface area contributed by atoms with E-state index in [1.54, 1.807) is 0 Å². The van der Waals surface area contributed by atoms with E-state index in [4.69, 9.17) is 9.15 Å². The monoisotopic (exact) mass is 300 g/mol. The Hall–Kier alpha value is -2.08. The number of benzene rings is 1. The maximum Gasteiger partial charge on any atom is 0.319 e. The van der Waals surface area contributed by atoms with Crippen LogP contribution < -0.4 is 0 Å². The summed E-state index contributed by atoms with van der Waals surface area (Å²) < 4.78 is 11.0. The van der Waals surface area contributed by atoms with Crippen molar-refractivity contribution < 1.29 is 13.9 Å². The van der Waals surface area contributed by atoms with Gasteiger partial charge in [-0.1, -0.05) is 23.9 Å². The molecule has 0 N–H and O–H groups in total. The highest BCUT2D eigenvalue weighted by Crippen LogP contribution is 2.37. The summed E-state index contributed by atoms with van der Waals surface area (Å²) in [5.41, 5.74) is 2.19. The van der Waals surface area contributed by atoms with Gasteiger partial charge in [-0.2, -0.15) is 0 Å². The second kappa shape index (κ2) is 4.73. The third kappa shape index (κ3) is 2.06. The number of carbonyl (C=O) groups excluding carboxylic acids is 1. The minimum atomic E-state index is -0.230. The summed E-state index contributed by atoms with van der Waals surface area (Å²) in [6.07, 6.45) is 2.16. The SMILES string of the molecule is C[C@H]1C[C@@H](Sc2ncnc3c2oc2ccccc23)C(=O)O1. The molecule has 1 aliphatic rings. The fourth-order valence-electron chi connectivity index (χ4n) is 2.54. The lowest BCUT2D eigenvalue weighted by Gasteiger charge is -2.04. The number of hydrogen-bond acceptors (Lipinski definition) is 6. The highest BCUT2D eigenvalue weighted by molar-refractivity contribution is 8.00.